The van der Waals surface area contributed by atoms with Crippen LogP contribution in [0, 0.1) is 5.82 Å². The van der Waals surface area contributed by atoms with E-state index in [-0.39, 0.29) is 17.5 Å². The lowest BCUT2D eigenvalue weighted by Crippen LogP contribution is -2.30. The van der Waals surface area contributed by atoms with E-state index in [1.54, 1.807) is 7.11 Å². The van der Waals surface area contributed by atoms with Crippen molar-refractivity contribution in [3.8, 4) is 0 Å². The topological polar surface area (TPSA) is 21.3 Å². The lowest BCUT2D eigenvalue weighted by atomic mass is 10.0. The maximum atomic E-state index is 12.8. The van der Waals surface area contributed by atoms with E-state index in [0.717, 1.165) is 18.5 Å². The Morgan fingerprint density at radius 3 is 2.41 bits per heavy atom. The van der Waals surface area contributed by atoms with Crippen molar-refractivity contribution in [3.63, 3.8) is 0 Å². The van der Waals surface area contributed by atoms with E-state index in [9.17, 15) is 4.39 Å². The van der Waals surface area contributed by atoms with Gasteiger partial charge in [-0.05, 0) is 51.4 Å². The zero-order chi connectivity index (χ0) is 12.9. The molecular formula is C14H22FNO. The summed E-state index contributed by atoms with van der Waals surface area (Å²) in [5, 5.41) is 3.41. The van der Waals surface area contributed by atoms with Crippen LogP contribution in [0.4, 0.5) is 4.39 Å². The van der Waals surface area contributed by atoms with Gasteiger partial charge in [0.1, 0.15) is 5.82 Å². The fourth-order valence-corrected chi connectivity index (χ4v) is 1.56. The second-order valence-electron chi connectivity index (χ2n) is 4.94. The lowest BCUT2D eigenvalue weighted by Gasteiger charge is -2.24. The van der Waals surface area contributed by atoms with Gasteiger partial charge in [-0.25, -0.2) is 4.39 Å². The molecule has 1 rings (SSSR count). The normalized spacial score (nSPS) is 13.7. The molecule has 96 valence electrons. The average Bonchev–Trinajstić information content (AvgIpc) is 2.29. The molecule has 17 heavy (non-hydrogen) atoms. The molecule has 0 saturated carbocycles. The van der Waals surface area contributed by atoms with Gasteiger partial charge in [0.15, 0.2) is 0 Å². The molecule has 1 aromatic rings. The monoisotopic (exact) mass is 239 g/mol. The molecule has 0 heterocycles. The van der Waals surface area contributed by atoms with Crippen LogP contribution in [0.2, 0.25) is 0 Å². The molecule has 1 aromatic carbocycles. The van der Waals surface area contributed by atoms with Crippen molar-refractivity contribution in [2.75, 3.05) is 13.7 Å². The van der Waals surface area contributed by atoms with Gasteiger partial charge in [0, 0.05) is 13.2 Å². The molecule has 0 aliphatic heterocycles. The minimum atomic E-state index is -0.193. The van der Waals surface area contributed by atoms with E-state index >= 15 is 0 Å². The minimum Gasteiger partial charge on any atom is -0.379 e. The van der Waals surface area contributed by atoms with Crippen molar-refractivity contribution in [3.05, 3.63) is 35.6 Å². The number of ether oxygens (including phenoxy) is 1. The number of hydrogen-bond donors (Lipinski definition) is 1. The Bertz CT molecular complexity index is 335. The van der Waals surface area contributed by atoms with Crippen LogP contribution in [0.5, 0.6) is 0 Å². The smallest absolute Gasteiger partial charge is 0.123 e. The van der Waals surface area contributed by atoms with Gasteiger partial charge in [-0.15, -0.1) is 0 Å². The molecule has 1 atom stereocenters. The molecule has 0 unspecified atom stereocenters. The fraction of sp³-hybridized carbons (Fsp3) is 0.571. The van der Waals surface area contributed by atoms with Crippen LogP contribution in [0.1, 0.15) is 38.8 Å². The maximum Gasteiger partial charge on any atom is 0.123 e. The Morgan fingerprint density at radius 1 is 1.29 bits per heavy atom. The molecule has 0 saturated heterocycles. The van der Waals surface area contributed by atoms with E-state index in [2.05, 4.69) is 26.1 Å². The van der Waals surface area contributed by atoms with Gasteiger partial charge in [0.05, 0.1) is 5.60 Å². The highest BCUT2D eigenvalue weighted by molar-refractivity contribution is 5.19. The second kappa shape index (κ2) is 6.12. The van der Waals surface area contributed by atoms with Crippen molar-refractivity contribution >= 4 is 0 Å². The summed E-state index contributed by atoms with van der Waals surface area (Å²) in [5.41, 5.74) is 0.997. The van der Waals surface area contributed by atoms with Crippen molar-refractivity contribution in [2.24, 2.45) is 0 Å². The highest BCUT2D eigenvalue weighted by Crippen LogP contribution is 2.15. The molecule has 0 radical (unpaired) electrons. The van der Waals surface area contributed by atoms with Crippen LogP contribution < -0.4 is 5.32 Å². The Kier molecular flexibility index (Phi) is 5.09. The summed E-state index contributed by atoms with van der Waals surface area (Å²) in [5.74, 6) is -0.193. The van der Waals surface area contributed by atoms with Gasteiger partial charge in [-0.3, -0.25) is 0 Å². The first kappa shape index (κ1) is 14.1. The Balaban J connectivity index is 2.40. The third-order valence-electron chi connectivity index (χ3n) is 3.10. The predicted octanol–water partition coefficient (Wildman–Crippen LogP) is 3.29. The first-order chi connectivity index (χ1) is 7.94. The predicted molar refractivity (Wildman–Crippen MR) is 68.5 cm³/mol. The van der Waals surface area contributed by atoms with Crippen LogP contribution in [0.3, 0.4) is 0 Å². The van der Waals surface area contributed by atoms with Crippen LogP contribution >= 0.6 is 0 Å². The summed E-state index contributed by atoms with van der Waals surface area (Å²) in [4.78, 5) is 0. The van der Waals surface area contributed by atoms with E-state index in [4.69, 9.17) is 4.74 Å². The van der Waals surface area contributed by atoms with Gasteiger partial charge in [-0.2, -0.15) is 0 Å². The molecule has 1 N–H and O–H groups in total. The third kappa shape index (κ3) is 4.84. The highest BCUT2D eigenvalue weighted by atomic mass is 19.1. The number of hydrogen-bond acceptors (Lipinski definition) is 2. The molecule has 0 aliphatic rings. The Hall–Kier alpha value is -0.930. The van der Waals surface area contributed by atoms with Crippen LogP contribution in [0.15, 0.2) is 24.3 Å². The van der Waals surface area contributed by atoms with Crippen molar-refractivity contribution in [1.29, 1.82) is 0 Å². The highest BCUT2D eigenvalue weighted by Gasteiger charge is 2.16. The van der Waals surface area contributed by atoms with E-state index < -0.39 is 0 Å². The SMILES string of the molecule is COC(C)(C)CCN[C@@H](C)c1ccc(F)cc1. The van der Waals surface area contributed by atoms with Crippen LogP contribution in [-0.2, 0) is 4.74 Å². The zero-order valence-corrected chi connectivity index (χ0v) is 11.1. The Morgan fingerprint density at radius 2 is 1.88 bits per heavy atom. The standard InChI is InChI=1S/C14H22FNO/c1-11(12-5-7-13(15)8-6-12)16-10-9-14(2,3)17-4/h5-8,11,16H,9-10H2,1-4H3/t11-/m0/s1. The van der Waals surface area contributed by atoms with Crippen LogP contribution in [-0.4, -0.2) is 19.3 Å². The summed E-state index contributed by atoms with van der Waals surface area (Å²) >= 11 is 0. The van der Waals surface area contributed by atoms with Gasteiger partial charge < -0.3 is 10.1 Å². The van der Waals surface area contributed by atoms with Crippen molar-refractivity contribution in [2.45, 2.75) is 38.8 Å². The van der Waals surface area contributed by atoms with Crippen molar-refractivity contribution < 1.29 is 9.13 Å². The summed E-state index contributed by atoms with van der Waals surface area (Å²) in [7, 11) is 1.73. The Labute approximate surface area is 103 Å². The summed E-state index contributed by atoms with van der Waals surface area (Å²) in [6.07, 6.45) is 0.940. The molecule has 3 heteroatoms. The summed E-state index contributed by atoms with van der Waals surface area (Å²) < 4.78 is 18.1. The second-order valence-corrected chi connectivity index (χ2v) is 4.94. The number of methoxy groups -OCH3 is 1. The first-order valence-corrected chi connectivity index (χ1v) is 5.98. The summed E-state index contributed by atoms with van der Waals surface area (Å²) in [6, 6.07) is 6.84. The molecule has 0 aliphatic carbocycles. The molecule has 0 aromatic heterocycles. The van der Waals surface area contributed by atoms with Gasteiger partial charge in [0.25, 0.3) is 0 Å². The lowest BCUT2D eigenvalue weighted by molar-refractivity contribution is 0.0154. The number of rotatable bonds is 6. The van der Waals surface area contributed by atoms with Gasteiger partial charge in [-0.1, -0.05) is 12.1 Å². The fourth-order valence-electron chi connectivity index (χ4n) is 1.56. The van der Waals surface area contributed by atoms with Gasteiger partial charge >= 0.3 is 0 Å². The number of halogens is 1. The maximum absolute atomic E-state index is 12.8. The van der Waals surface area contributed by atoms with Crippen molar-refractivity contribution in [1.82, 2.24) is 5.32 Å². The zero-order valence-electron chi connectivity index (χ0n) is 11.1. The molecule has 2 nitrogen and oxygen atoms in total. The quantitative estimate of drug-likeness (QED) is 0.822. The largest absolute Gasteiger partial charge is 0.379 e. The number of benzene rings is 1. The van der Waals surface area contributed by atoms with Gasteiger partial charge in [0.2, 0.25) is 0 Å². The van der Waals surface area contributed by atoms with E-state index in [0.29, 0.717) is 0 Å². The molecule has 0 amide bonds. The van der Waals surface area contributed by atoms with E-state index in [1.807, 2.05) is 12.1 Å². The first-order valence-electron chi connectivity index (χ1n) is 5.98. The molecule has 0 bridgehead atoms. The molecule has 0 fully saturated rings. The minimum absolute atomic E-state index is 0.102. The van der Waals surface area contributed by atoms with E-state index in [1.165, 1.54) is 12.1 Å². The average molecular weight is 239 g/mol. The number of nitrogens with one attached hydrogen (secondary N) is 1. The molecule has 0 spiro atoms. The summed E-state index contributed by atoms with van der Waals surface area (Å²) in [6.45, 7) is 7.08. The third-order valence-corrected chi connectivity index (χ3v) is 3.10. The molecular weight excluding hydrogens is 217 g/mol. The van der Waals surface area contributed by atoms with Crippen LogP contribution in [0.25, 0.3) is 0 Å².